The maximum Gasteiger partial charge on any atom is 0.0547 e. The van der Waals surface area contributed by atoms with Crippen molar-refractivity contribution in [2.24, 2.45) is 0 Å². The molecule has 12 rings (SSSR count). The molecule has 0 N–H and O–H groups in total. The molecule has 0 bridgehead atoms. The van der Waals surface area contributed by atoms with Gasteiger partial charge in [0.1, 0.15) is 0 Å². The van der Waals surface area contributed by atoms with Gasteiger partial charge in [0, 0.05) is 37.1 Å². The van der Waals surface area contributed by atoms with Crippen LogP contribution >= 0.6 is 15.9 Å². The van der Waals surface area contributed by atoms with E-state index in [2.05, 4.69) is 237 Å². The van der Waals surface area contributed by atoms with Crippen molar-refractivity contribution < 1.29 is 0 Å². The fraction of sp³-hybridized carbons (Fsp3) is 0. The van der Waals surface area contributed by atoms with Gasteiger partial charge in [0.05, 0.1) is 27.8 Å². The van der Waals surface area contributed by atoms with E-state index in [0.717, 1.165) is 10.2 Å². The van der Waals surface area contributed by atoms with Crippen molar-refractivity contribution in [1.29, 1.82) is 0 Å². The molecule has 0 saturated carbocycles. The monoisotopic (exact) mass is 814 g/mol. The number of aromatic nitrogens is 2. The van der Waals surface area contributed by atoms with Crippen LogP contribution in [0.25, 0.3) is 110 Å². The molecule has 0 aliphatic rings. The molecule has 12 aromatic rings. The van der Waals surface area contributed by atoms with E-state index in [1.807, 2.05) is 0 Å². The Morgan fingerprint density at radius 3 is 1.69 bits per heavy atom. The summed E-state index contributed by atoms with van der Waals surface area (Å²) in [6.45, 7) is 0. The minimum absolute atomic E-state index is 1.06. The minimum Gasteiger partial charge on any atom is -0.309 e. The minimum atomic E-state index is 1.06. The van der Waals surface area contributed by atoms with Crippen LogP contribution in [0.1, 0.15) is 0 Å². The summed E-state index contributed by atoms with van der Waals surface area (Å²) < 4.78 is 5.95. The Morgan fingerprint density at radius 2 is 0.898 bits per heavy atom. The van der Waals surface area contributed by atoms with Crippen LogP contribution in [0.15, 0.2) is 217 Å². The highest BCUT2D eigenvalue weighted by atomic mass is 79.9. The molecule has 0 aliphatic carbocycles. The predicted octanol–water partition coefficient (Wildman–Crippen LogP) is 16.0. The van der Waals surface area contributed by atoms with Gasteiger partial charge in [-0.05, 0) is 122 Å². The lowest BCUT2D eigenvalue weighted by atomic mass is 9.91. The lowest BCUT2D eigenvalue weighted by molar-refractivity contribution is 1.18. The fourth-order valence-electron chi connectivity index (χ4n) is 9.53. The van der Waals surface area contributed by atoms with Crippen molar-refractivity contribution in [3.05, 3.63) is 217 Å². The van der Waals surface area contributed by atoms with Gasteiger partial charge in [-0.2, -0.15) is 0 Å². The second-order valence-electron chi connectivity index (χ2n) is 15.4. The largest absolute Gasteiger partial charge is 0.309 e. The van der Waals surface area contributed by atoms with Crippen LogP contribution in [0.2, 0.25) is 0 Å². The quantitative estimate of drug-likeness (QED) is 0.153. The second-order valence-corrected chi connectivity index (χ2v) is 16.4. The van der Waals surface area contributed by atoms with Crippen molar-refractivity contribution in [3.8, 4) is 44.8 Å². The molecule has 0 saturated heterocycles. The molecule has 0 amide bonds. The van der Waals surface area contributed by atoms with Crippen LogP contribution in [-0.2, 0) is 0 Å². The Bertz CT molecular complexity index is 3630. The van der Waals surface area contributed by atoms with E-state index in [-0.39, 0.29) is 0 Å². The molecule has 0 fully saturated rings. The van der Waals surface area contributed by atoms with Gasteiger partial charge in [-0.25, -0.2) is 0 Å². The molecule has 0 radical (unpaired) electrons. The number of fused-ring (bicyclic) bond motifs is 9. The SMILES string of the molecule is Brc1cccc(-c2cc(-c3ccc4c5ccccc5n(-c5cc6ccccc6c6ccccc56)c4c3)cc(-c3cccc4c3c3ccccc3n4-c3ccccc3)c2)c1. The second kappa shape index (κ2) is 13.4. The lowest BCUT2D eigenvalue weighted by Crippen LogP contribution is -1.96. The number of para-hydroxylation sites is 3. The highest BCUT2D eigenvalue weighted by molar-refractivity contribution is 9.10. The molecular weight excluding hydrogens is 781 g/mol. The summed E-state index contributed by atoms with van der Waals surface area (Å²) in [5, 5.41) is 9.98. The number of halogens is 1. The van der Waals surface area contributed by atoms with Crippen molar-refractivity contribution in [2.45, 2.75) is 0 Å². The van der Waals surface area contributed by atoms with Crippen LogP contribution in [0.3, 0.4) is 0 Å². The van der Waals surface area contributed by atoms with E-state index >= 15 is 0 Å². The summed E-state index contributed by atoms with van der Waals surface area (Å²) in [5.41, 5.74) is 14.2. The highest BCUT2D eigenvalue weighted by Crippen LogP contribution is 2.43. The Balaban J connectivity index is 1.13. The van der Waals surface area contributed by atoms with Gasteiger partial charge in [-0.1, -0.05) is 155 Å². The first-order valence-electron chi connectivity index (χ1n) is 20.1. The first-order chi connectivity index (χ1) is 29.2. The summed E-state index contributed by atoms with van der Waals surface area (Å²) >= 11 is 3.77. The molecule has 2 heterocycles. The Hall–Kier alpha value is -7.20. The molecule has 276 valence electrons. The number of rotatable bonds is 5. The van der Waals surface area contributed by atoms with Crippen LogP contribution in [0.5, 0.6) is 0 Å². The molecule has 0 unspecified atom stereocenters. The number of hydrogen-bond acceptors (Lipinski definition) is 0. The average molecular weight is 816 g/mol. The van der Waals surface area contributed by atoms with Crippen LogP contribution in [-0.4, -0.2) is 9.13 Å². The topological polar surface area (TPSA) is 9.86 Å². The molecule has 10 aromatic carbocycles. The Kier molecular flexibility index (Phi) is 7.72. The summed E-state index contributed by atoms with van der Waals surface area (Å²) in [4.78, 5) is 0. The van der Waals surface area contributed by atoms with E-state index in [0.29, 0.717) is 0 Å². The first kappa shape index (κ1) is 33.9. The van der Waals surface area contributed by atoms with Gasteiger partial charge in [0.15, 0.2) is 0 Å². The van der Waals surface area contributed by atoms with Crippen molar-refractivity contribution >= 4 is 81.1 Å². The smallest absolute Gasteiger partial charge is 0.0547 e. The zero-order chi connectivity index (χ0) is 39.0. The molecule has 2 aromatic heterocycles. The summed E-state index contributed by atoms with van der Waals surface area (Å²) in [6, 6.07) is 77.9. The highest BCUT2D eigenvalue weighted by Gasteiger charge is 2.20. The maximum absolute atomic E-state index is 3.77. The van der Waals surface area contributed by atoms with Gasteiger partial charge < -0.3 is 9.13 Å². The van der Waals surface area contributed by atoms with E-state index in [1.54, 1.807) is 0 Å². The zero-order valence-electron chi connectivity index (χ0n) is 32.0. The van der Waals surface area contributed by atoms with Gasteiger partial charge in [-0.3, -0.25) is 0 Å². The number of hydrogen-bond donors (Lipinski definition) is 0. The molecule has 3 heteroatoms. The van der Waals surface area contributed by atoms with Crippen LogP contribution < -0.4 is 0 Å². The summed E-state index contributed by atoms with van der Waals surface area (Å²) in [7, 11) is 0. The lowest BCUT2D eigenvalue weighted by Gasteiger charge is -2.15. The third-order valence-corrected chi connectivity index (χ3v) is 12.6. The third kappa shape index (κ3) is 5.39. The van der Waals surface area contributed by atoms with Crippen molar-refractivity contribution in [2.75, 3.05) is 0 Å². The number of nitrogens with zero attached hydrogens (tertiary/aromatic N) is 2. The first-order valence-corrected chi connectivity index (χ1v) is 20.9. The molecule has 59 heavy (non-hydrogen) atoms. The third-order valence-electron chi connectivity index (χ3n) is 12.1. The van der Waals surface area contributed by atoms with Gasteiger partial charge >= 0.3 is 0 Å². The molecule has 0 aliphatic heterocycles. The Morgan fingerprint density at radius 1 is 0.305 bits per heavy atom. The average Bonchev–Trinajstić information content (AvgIpc) is 3.81. The molecule has 2 nitrogen and oxygen atoms in total. The maximum atomic E-state index is 3.77. The summed E-state index contributed by atoms with van der Waals surface area (Å²) in [6.07, 6.45) is 0. The van der Waals surface area contributed by atoms with Gasteiger partial charge in [-0.15, -0.1) is 0 Å². The molecule has 0 spiro atoms. The van der Waals surface area contributed by atoms with Crippen molar-refractivity contribution in [1.82, 2.24) is 9.13 Å². The molecular formula is C56H35BrN2. The van der Waals surface area contributed by atoms with Crippen LogP contribution in [0.4, 0.5) is 0 Å². The number of benzene rings is 10. The standard InChI is InChI=1S/C56H35BrN2/c57-42-16-12-15-36(33-42)39-30-40(32-41(31-39)45-24-13-27-53-56(45)50-23-9-11-26-52(50)58(53)43-17-2-1-3-18-43)37-28-29-49-48-22-8-10-25-51(48)59(54(49)34-37)55-35-38-14-4-5-19-44(38)46-20-6-7-21-47(46)55/h1-35H. The van der Waals surface area contributed by atoms with Crippen molar-refractivity contribution in [3.63, 3.8) is 0 Å². The van der Waals surface area contributed by atoms with Gasteiger partial charge in [0.2, 0.25) is 0 Å². The molecule has 0 atom stereocenters. The van der Waals surface area contributed by atoms with E-state index in [9.17, 15) is 0 Å². The van der Waals surface area contributed by atoms with E-state index in [1.165, 1.54) is 104 Å². The normalized spacial score (nSPS) is 11.8. The Labute approximate surface area is 350 Å². The van der Waals surface area contributed by atoms with Gasteiger partial charge in [0.25, 0.3) is 0 Å². The van der Waals surface area contributed by atoms with E-state index in [4.69, 9.17) is 0 Å². The van der Waals surface area contributed by atoms with Crippen LogP contribution in [0, 0.1) is 0 Å². The predicted molar refractivity (Wildman–Crippen MR) is 254 cm³/mol. The zero-order valence-corrected chi connectivity index (χ0v) is 33.6. The summed E-state index contributed by atoms with van der Waals surface area (Å²) in [5.74, 6) is 0. The fourth-order valence-corrected chi connectivity index (χ4v) is 9.93. The van der Waals surface area contributed by atoms with E-state index < -0.39 is 0 Å².